The van der Waals surface area contributed by atoms with Crippen LogP contribution in [0.15, 0.2) is 64.2 Å². The summed E-state index contributed by atoms with van der Waals surface area (Å²) >= 11 is 1.81. The number of fused-ring (bicyclic) bond motifs is 1. The molecule has 1 atom stereocenters. The van der Waals surface area contributed by atoms with E-state index < -0.39 is 0 Å². The second-order valence-electron chi connectivity index (χ2n) is 6.29. The number of anilines is 1. The van der Waals surface area contributed by atoms with E-state index >= 15 is 0 Å². The first kappa shape index (κ1) is 17.6. The molecule has 0 N–H and O–H groups in total. The number of para-hydroxylation sites is 1. The Bertz CT molecular complexity index is 912. The van der Waals surface area contributed by atoms with Crippen molar-refractivity contribution in [3.63, 3.8) is 0 Å². The van der Waals surface area contributed by atoms with Gasteiger partial charge in [0, 0.05) is 22.3 Å². The minimum absolute atomic E-state index is 0.00666. The molecule has 1 aliphatic heterocycles. The van der Waals surface area contributed by atoms with Crippen LogP contribution in [0.4, 0.5) is 5.69 Å². The summed E-state index contributed by atoms with van der Waals surface area (Å²) in [5.74, 6) is 1.03. The zero-order valence-corrected chi connectivity index (χ0v) is 15.7. The highest BCUT2D eigenvalue weighted by atomic mass is 32.2. The van der Waals surface area contributed by atoms with Crippen LogP contribution < -0.4 is 9.64 Å². The van der Waals surface area contributed by atoms with Crippen molar-refractivity contribution < 1.29 is 13.9 Å². The van der Waals surface area contributed by atoms with Gasteiger partial charge in [-0.25, -0.2) is 0 Å². The third-order valence-electron chi connectivity index (χ3n) is 4.37. The van der Waals surface area contributed by atoms with Crippen LogP contribution >= 0.6 is 11.8 Å². The van der Waals surface area contributed by atoms with E-state index in [0.717, 1.165) is 22.6 Å². The van der Waals surface area contributed by atoms with E-state index in [4.69, 9.17) is 9.15 Å². The first-order chi connectivity index (χ1) is 13.2. The summed E-state index contributed by atoms with van der Waals surface area (Å²) in [5.41, 5.74) is 1.77. The Morgan fingerprint density at radius 1 is 1.26 bits per heavy atom. The molecule has 0 fully saturated rings. The average Bonchev–Trinajstić information content (AvgIpc) is 3.17. The van der Waals surface area contributed by atoms with Gasteiger partial charge in [-0.05, 0) is 42.8 Å². The van der Waals surface area contributed by atoms with E-state index in [2.05, 4.69) is 23.2 Å². The average molecular weight is 381 g/mol. The summed E-state index contributed by atoms with van der Waals surface area (Å²) in [6.45, 7) is 2.88. The molecule has 2 heterocycles. The number of nitrogens with zero attached hydrogens (tertiary/aromatic N) is 3. The lowest BCUT2D eigenvalue weighted by Gasteiger charge is -2.22. The summed E-state index contributed by atoms with van der Waals surface area (Å²) in [6.07, 6.45) is 2.24. The molecular formula is C20H19N3O3S. The van der Waals surface area contributed by atoms with Gasteiger partial charge in [-0.3, -0.25) is 4.79 Å². The Kier molecular flexibility index (Phi) is 5.11. The zero-order valence-electron chi connectivity index (χ0n) is 14.9. The maximum absolute atomic E-state index is 12.8. The van der Waals surface area contributed by atoms with Crippen molar-refractivity contribution in [2.75, 3.05) is 18.1 Å². The molecule has 3 aromatic rings. The first-order valence-corrected chi connectivity index (χ1v) is 9.64. The van der Waals surface area contributed by atoms with E-state index in [-0.39, 0.29) is 12.5 Å². The SMILES string of the molecule is C[C@@H]1CCN(C(=O)COc2ccc(-c3nnco3)cc2)c2ccccc2S1. The van der Waals surface area contributed by atoms with Crippen LogP contribution in [-0.4, -0.2) is 34.5 Å². The number of aromatic nitrogens is 2. The predicted octanol–water partition coefficient (Wildman–Crippen LogP) is 4.03. The number of hydrogen-bond donors (Lipinski definition) is 0. The smallest absolute Gasteiger partial charge is 0.264 e. The molecule has 0 spiro atoms. The zero-order chi connectivity index (χ0) is 18.6. The van der Waals surface area contributed by atoms with E-state index in [1.807, 2.05) is 47.0 Å². The second-order valence-corrected chi connectivity index (χ2v) is 7.77. The third-order valence-corrected chi connectivity index (χ3v) is 5.61. The summed E-state index contributed by atoms with van der Waals surface area (Å²) in [5, 5.41) is 8.01. The number of amides is 1. The molecule has 6 nitrogen and oxygen atoms in total. The summed E-state index contributed by atoms with van der Waals surface area (Å²) in [7, 11) is 0. The van der Waals surface area contributed by atoms with Gasteiger partial charge < -0.3 is 14.1 Å². The van der Waals surface area contributed by atoms with Crippen LogP contribution in [0.5, 0.6) is 5.75 Å². The molecule has 0 aliphatic carbocycles. The fraction of sp³-hybridized carbons (Fsp3) is 0.250. The lowest BCUT2D eigenvalue weighted by atomic mass is 10.2. The Morgan fingerprint density at radius 2 is 2.07 bits per heavy atom. The number of ether oxygens (including phenoxy) is 1. The highest BCUT2D eigenvalue weighted by Gasteiger charge is 2.24. The number of carbonyl (C=O) groups excluding carboxylic acids is 1. The maximum Gasteiger partial charge on any atom is 0.264 e. The van der Waals surface area contributed by atoms with Crippen molar-refractivity contribution in [1.29, 1.82) is 0 Å². The first-order valence-electron chi connectivity index (χ1n) is 8.76. The minimum Gasteiger partial charge on any atom is -0.484 e. The highest BCUT2D eigenvalue weighted by molar-refractivity contribution is 8.00. The Hall–Kier alpha value is -2.80. The molecule has 7 heteroatoms. The molecule has 27 heavy (non-hydrogen) atoms. The van der Waals surface area contributed by atoms with Gasteiger partial charge >= 0.3 is 0 Å². The van der Waals surface area contributed by atoms with Gasteiger partial charge in [0.15, 0.2) is 6.61 Å². The van der Waals surface area contributed by atoms with E-state index in [1.54, 1.807) is 12.1 Å². The van der Waals surface area contributed by atoms with Crippen LogP contribution in [0.3, 0.4) is 0 Å². The van der Waals surface area contributed by atoms with Crippen molar-refractivity contribution in [2.24, 2.45) is 0 Å². The van der Waals surface area contributed by atoms with E-state index in [0.29, 0.717) is 23.4 Å². The standard InChI is InChI=1S/C20H19N3O3S/c1-14-10-11-23(17-4-2-3-5-18(17)27-14)19(24)12-25-16-8-6-15(7-9-16)20-22-21-13-26-20/h2-9,13-14H,10-12H2,1H3/t14-/m1/s1. The van der Waals surface area contributed by atoms with Gasteiger partial charge in [0.05, 0.1) is 5.69 Å². The van der Waals surface area contributed by atoms with Crippen molar-refractivity contribution in [3.05, 3.63) is 54.9 Å². The van der Waals surface area contributed by atoms with Crippen molar-refractivity contribution >= 4 is 23.4 Å². The normalized spacial score (nSPS) is 16.5. The van der Waals surface area contributed by atoms with Gasteiger partial charge in [0.25, 0.3) is 5.91 Å². The fourth-order valence-corrected chi connectivity index (χ4v) is 4.07. The lowest BCUT2D eigenvalue weighted by Crippen LogP contribution is -2.36. The Balaban J connectivity index is 1.43. The predicted molar refractivity (Wildman–Crippen MR) is 104 cm³/mol. The van der Waals surface area contributed by atoms with Crippen molar-refractivity contribution in [1.82, 2.24) is 10.2 Å². The second kappa shape index (κ2) is 7.84. The molecule has 2 aromatic carbocycles. The largest absolute Gasteiger partial charge is 0.484 e. The van der Waals surface area contributed by atoms with E-state index in [1.165, 1.54) is 6.39 Å². The molecule has 0 saturated carbocycles. The van der Waals surface area contributed by atoms with Crippen LogP contribution in [-0.2, 0) is 4.79 Å². The monoisotopic (exact) mass is 381 g/mol. The highest BCUT2D eigenvalue weighted by Crippen LogP contribution is 2.37. The molecule has 1 aromatic heterocycles. The molecule has 0 bridgehead atoms. The number of hydrogen-bond acceptors (Lipinski definition) is 6. The van der Waals surface area contributed by atoms with E-state index in [9.17, 15) is 4.79 Å². The molecule has 0 saturated heterocycles. The van der Waals surface area contributed by atoms with Crippen molar-refractivity contribution in [3.8, 4) is 17.2 Å². The quantitative estimate of drug-likeness (QED) is 0.680. The molecule has 138 valence electrons. The molecule has 1 amide bonds. The van der Waals surface area contributed by atoms with Crippen LogP contribution in [0.25, 0.3) is 11.5 Å². The van der Waals surface area contributed by atoms with Gasteiger partial charge in [-0.1, -0.05) is 19.1 Å². The summed E-state index contributed by atoms with van der Waals surface area (Å²) in [6, 6.07) is 15.3. The number of thioether (sulfide) groups is 1. The third kappa shape index (κ3) is 3.98. The molecule has 0 radical (unpaired) electrons. The topological polar surface area (TPSA) is 68.5 Å². The molecule has 0 unspecified atom stereocenters. The fourth-order valence-electron chi connectivity index (χ4n) is 2.96. The van der Waals surface area contributed by atoms with Gasteiger partial charge in [-0.15, -0.1) is 22.0 Å². The number of benzene rings is 2. The Morgan fingerprint density at radius 3 is 2.85 bits per heavy atom. The molecule has 1 aliphatic rings. The van der Waals surface area contributed by atoms with Gasteiger partial charge in [-0.2, -0.15) is 0 Å². The number of rotatable bonds is 4. The Labute approximate surface area is 161 Å². The maximum atomic E-state index is 12.8. The van der Waals surface area contributed by atoms with Gasteiger partial charge in [0.2, 0.25) is 12.3 Å². The van der Waals surface area contributed by atoms with Crippen molar-refractivity contribution in [2.45, 2.75) is 23.5 Å². The molecule has 4 rings (SSSR count). The molecular weight excluding hydrogens is 362 g/mol. The van der Waals surface area contributed by atoms with Crippen LogP contribution in [0.2, 0.25) is 0 Å². The van der Waals surface area contributed by atoms with Crippen LogP contribution in [0.1, 0.15) is 13.3 Å². The summed E-state index contributed by atoms with van der Waals surface area (Å²) in [4.78, 5) is 15.8. The lowest BCUT2D eigenvalue weighted by molar-refractivity contribution is -0.120. The minimum atomic E-state index is -0.0434. The van der Waals surface area contributed by atoms with Crippen LogP contribution in [0, 0.1) is 0 Å². The summed E-state index contributed by atoms with van der Waals surface area (Å²) < 4.78 is 10.9. The van der Waals surface area contributed by atoms with Gasteiger partial charge in [0.1, 0.15) is 5.75 Å². The number of carbonyl (C=O) groups is 1.